The van der Waals surface area contributed by atoms with E-state index >= 15 is 0 Å². The third-order valence-corrected chi connectivity index (χ3v) is 3.17. The molecule has 1 aromatic rings. The molecule has 0 amide bonds. The summed E-state index contributed by atoms with van der Waals surface area (Å²) in [6, 6.07) is -0.300. The second-order valence-corrected chi connectivity index (χ2v) is 5.00. The van der Waals surface area contributed by atoms with Crippen LogP contribution < -0.4 is 11.5 Å². The van der Waals surface area contributed by atoms with E-state index in [2.05, 4.69) is 4.98 Å². The van der Waals surface area contributed by atoms with Gasteiger partial charge in [-0.05, 0) is 12.0 Å². The van der Waals surface area contributed by atoms with Gasteiger partial charge in [-0.25, -0.2) is 0 Å². The van der Waals surface area contributed by atoms with Crippen molar-refractivity contribution in [1.82, 2.24) is 4.98 Å². The molecule has 0 fully saturated rings. The third kappa shape index (κ3) is 2.61. The number of nitrogens with two attached hydrogens (primary N) is 2. The number of aromatic nitrogens is 1. The van der Waals surface area contributed by atoms with Crippen molar-refractivity contribution in [3.63, 3.8) is 0 Å². The molecule has 15 heavy (non-hydrogen) atoms. The molecule has 5 heteroatoms. The van der Waals surface area contributed by atoms with Crippen LogP contribution in [-0.2, 0) is 0 Å². The van der Waals surface area contributed by atoms with Gasteiger partial charge in [0.15, 0.2) is 0 Å². The zero-order chi connectivity index (χ0) is 11.6. The second kappa shape index (κ2) is 4.66. The minimum atomic E-state index is -0.300. The molecular weight excluding hydrogens is 233 g/mol. The van der Waals surface area contributed by atoms with Gasteiger partial charge in [0.25, 0.3) is 0 Å². The van der Waals surface area contributed by atoms with Crippen LogP contribution in [0, 0.1) is 5.41 Å². The van der Waals surface area contributed by atoms with E-state index in [9.17, 15) is 0 Å². The lowest BCUT2D eigenvalue weighted by atomic mass is 9.81. The maximum atomic E-state index is 6.11. The standard InChI is InChI=1S/C10H15Cl2N3/c1-10(2,5-13)9(14)8-6(11)3-15-4-7(8)12/h3-4,9H,5,13-14H2,1-2H3. The SMILES string of the molecule is CC(C)(CN)C(N)c1c(Cl)cncc1Cl. The zero-order valence-corrected chi connectivity index (χ0v) is 10.3. The molecule has 84 valence electrons. The molecule has 1 heterocycles. The Morgan fingerprint density at radius 2 is 1.80 bits per heavy atom. The van der Waals surface area contributed by atoms with Crippen molar-refractivity contribution < 1.29 is 0 Å². The van der Waals surface area contributed by atoms with Crippen molar-refractivity contribution in [2.75, 3.05) is 6.54 Å². The highest BCUT2D eigenvalue weighted by Gasteiger charge is 2.29. The van der Waals surface area contributed by atoms with Crippen molar-refractivity contribution in [3.8, 4) is 0 Å². The number of halogens is 2. The molecule has 0 aliphatic heterocycles. The molecule has 4 N–H and O–H groups in total. The fraction of sp³-hybridized carbons (Fsp3) is 0.500. The molecule has 3 nitrogen and oxygen atoms in total. The molecule has 0 aliphatic rings. The molecule has 1 aromatic heterocycles. The fourth-order valence-electron chi connectivity index (χ4n) is 1.24. The number of nitrogens with zero attached hydrogens (tertiary/aromatic N) is 1. The largest absolute Gasteiger partial charge is 0.330 e. The predicted octanol–water partition coefficient (Wildman–Crippen LogP) is 2.37. The van der Waals surface area contributed by atoms with E-state index in [0.29, 0.717) is 22.2 Å². The minimum absolute atomic E-state index is 0.255. The first-order valence-corrected chi connectivity index (χ1v) is 5.40. The van der Waals surface area contributed by atoms with Gasteiger partial charge in [0, 0.05) is 24.0 Å². The highest BCUT2D eigenvalue weighted by Crippen LogP contribution is 2.37. The van der Waals surface area contributed by atoms with Crippen LogP contribution >= 0.6 is 23.2 Å². The Morgan fingerprint density at radius 1 is 1.33 bits per heavy atom. The summed E-state index contributed by atoms with van der Waals surface area (Å²) in [6.45, 7) is 4.42. The molecule has 1 atom stereocenters. The summed E-state index contributed by atoms with van der Waals surface area (Å²) < 4.78 is 0. The lowest BCUT2D eigenvalue weighted by molar-refractivity contribution is 0.301. The van der Waals surface area contributed by atoms with Crippen molar-refractivity contribution in [1.29, 1.82) is 0 Å². The molecule has 0 spiro atoms. The van der Waals surface area contributed by atoms with Gasteiger partial charge in [0.1, 0.15) is 0 Å². The maximum Gasteiger partial charge on any atom is 0.0652 e. The average Bonchev–Trinajstić information content (AvgIpc) is 2.17. The van der Waals surface area contributed by atoms with Crippen LogP contribution in [0.5, 0.6) is 0 Å². The van der Waals surface area contributed by atoms with Gasteiger partial charge < -0.3 is 11.5 Å². The Labute approximate surface area is 99.8 Å². The van der Waals surface area contributed by atoms with Gasteiger partial charge in [-0.15, -0.1) is 0 Å². The first-order valence-electron chi connectivity index (χ1n) is 4.64. The summed E-state index contributed by atoms with van der Waals surface area (Å²) in [6.07, 6.45) is 3.07. The normalized spacial score (nSPS) is 14.0. The summed E-state index contributed by atoms with van der Waals surface area (Å²) >= 11 is 12.0. The summed E-state index contributed by atoms with van der Waals surface area (Å²) in [5.74, 6) is 0. The van der Waals surface area contributed by atoms with Crippen LogP contribution in [0.15, 0.2) is 12.4 Å². The number of hydrogen-bond acceptors (Lipinski definition) is 3. The Bertz CT molecular complexity index is 332. The third-order valence-electron chi connectivity index (χ3n) is 2.57. The van der Waals surface area contributed by atoms with E-state index in [0.717, 1.165) is 0 Å². The van der Waals surface area contributed by atoms with Crippen molar-refractivity contribution >= 4 is 23.2 Å². The van der Waals surface area contributed by atoms with Crippen LogP contribution in [0.3, 0.4) is 0 Å². The van der Waals surface area contributed by atoms with Gasteiger partial charge in [0.05, 0.1) is 10.0 Å². The minimum Gasteiger partial charge on any atom is -0.330 e. The monoisotopic (exact) mass is 247 g/mol. The fourth-order valence-corrected chi connectivity index (χ4v) is 1.84. The highest BCUT2D eigenvalue weighted by molar-refractivity contribution is 6.35. The van der Waals surface area contributed by atoms with E-state index in [-0.39, 0.29) is 11.5 Å². The predicted molar refractivity (Wildman–Crippen MR) is 64.0 cm³/mol. The van der Waals surface area contributed by atoms with Gasteiger partial charge >= 0.3 is 0 Å². The second-order valence-electron chi connectivity index (χ2n) is 4.19. The van der Waals surface area contributed by atoms with Gasteiger partial charge in [-0.2, -0.15) is 0 Å². The van der Waals surface area contributed by atoms with Crippen LogP contribution in [0.1, 0.15) is 25.5 Å². The highest BCUT2D eigenvalue weighted by atomic mass is 35.5. The summed E-state index contributed by atoms with van der Waals surface area (Å²) in [5.41, 5.74) is 12.2. The van der Waals surface area contributed by atoms with E-state index in [4.69, 9.17) is 34.7 Å². The average molecular weight is 248 g/mol. The van der Waals surface area contributed by atoms with E-state index < -0.39 is 0 Å². The quantitative estimate of drug-likeness (QED) is 0.863. The molecule has 0 saturated heterocycles. The lowest BCUT2D eigenvalue weighted by Crippen LogP contribution is -2.36. The van der Waals surface area contributed by atoms with Crippen LogP contribution in [0.4, 0.5) is 0 Å². The number of pyridine rings is 1. The van der Waals surface area contributed by atoms with Crippen LogP contribution in [-0.4, -0.2) is 11.5 Å². The topological polar surface area (TPSA) is 64.9 Å². The zero-order valence-electron chi connectivity index (χ0n) is 8.80. The smallest absolute Gasteiger partial charge is 0.0652 e. The molecule has 0 saturated carbocycles. The Morgan fingerprint density at radius 3 is 2.20 bits per heavy atom. The number of rotatable bonds is 3. The van der Waals surface area contributed by atoms with Crippen molar-refractivity contribution in [3.05, 3.63) is 28.0 Å². The summed E-state index contributed by atoms with van der Waals surface area (Å²) in [7, 11) is 0. The van der Waals surface area contributed by atoms with Crippen LogP contribution in [0.2, 0.25) is 10.0 Å². The Hall–Kier alpha value is -0.350. The maximum absolute atomic E-state index is 6.11. The summed E-state index contributed by atoms with van der Waals surface area (Å²) in [4.78, 5) is 3.88. The molecular formula is C10H15Cl2N3. The molecule has 0 radical (unpaired) electrons. The van der Waals surface area contributed by atoms with E-state index in [1.807, 2.05) is 13.8 Å². The molecule has 1 unspecified atom stereocenters. The molecule has 0 aliphatic carbocycles. The molecule has 0 aromatic carbocycles. The Kier molecular flexibility index (Phi) is 3.95. The van der Waals surface area contributed by atoms with Crippen molar-refractivity contribution in [2.45, 2.75) is 19.9 Å². The van der Waals surface area contributed by atoms with Crippen LogP contribution in [0.25, 0.3) is 0 Å². The van der Waals surface area contributed by atoms with Gasteiger partial charge in [-0.3, -0.25) is 4.98 Å². The van der Waals surface area contributed by atoms with Gasteiger partial charge in [-0.1, -0.05) is 37.0 Å². The molecule has 0 bridgehead atoms. The molecule has 1 rings (SSSR count). The van der Waals surface area contributed by atoms with Gasteiger partial charge in [0.2, 0.25) is 0 Å². The Balaban J connectivity index is 3.16. The van der Waals surface area contributed by atoms with Crippen molar-refractivity contribution in [2.24, 2.45) is 16.9 Å². The summed E-state index contributed by atoms with van der Waals surface area (Å²) in [5, 5.41) is 0.966. The van der Waals surface area contributed by atoms with E-state index in [1.165, 1.54) is 12.4 Å². The van der Waals surface area contributed by atoms with E-state index in [1.54, 1.807) is 0 Å². The first kappa shape index (κ1) is 12.7. The first-order chi connectivity index (χ1) is 6.90. The lowest BCUT2D eigenvalue weighted by Gasteiger charge is -2.31. The number of hydrogen-bond donors (Lipinski definition) is 2.